The van der Waals surface area contributed by atoms with Gasteiger partial charge < -0.3 is 24.4 Å². The van der Waals surface area contributed by atoms with E-state index in [0.29, 0.717) is 6.61 Å². The quantitative estimate of drug-likeness (QED) is 0.426. The van der Waals surface area contributed by atoms with Crippen LogP contribution in [0.3, 0.4) is 0 Å². The highest BCUT2D eigenvalue weighted by atomic mass is 16.8. The minimum Gasteiger partial charge on any atom is -0.394 e. The Morgan fingerprint density at radius 3 is 2.58 bits per heavy atom. The van der Waals surface area contributed by atoms with Crippen molar-refractivity contribution in [3.8, 4) is 0 Å². The fraction of sp³-hybridized carbons (Fsp3) is 0.625. The van der Waals surface area contributed by atoms with Gasteiger partial charge in [0.15, 0.2) is 5.79 Å². The summed E-state index contributed by atoms with van der Waals surface area (Å²) in [5, 5.41) is 22.8. The Morgan fingerprint density at radius 2 is 1.96 bits per heavy atom. The van der Waals surface area contributed by atoms with Crippen molar-refractivity contribution < 1.29 is 24.4 Å². The molecule has 0 bridgehead atoms. The lowest BCUT2D eigenvalue weighted by atomic mass is 10.0. The smallest absolute Gasteiger partial charge is 0.164 e. The molecule has 8 heteroatoms. The van der Waals surface area contributed by atoms with Gasteiger partial charge in [0.05, 0.1) is 25.9 Å². The third-order valence-corrected chi connectivity index (χ3v) is 3.73. The fourth-order valence-corrected chi connectivity index (χ4v) is 2.65. The Kier molecular flexibility index (Phi) is 6.56. The van der Waals surface area contributed by atoms with Crippen LogP contribution in [0.25, 0.3) is 10.4 Å². The highest BCUT2D eigenvalue weighted by molar-refractivity contribution is 5.13. The third kappa shape index (κ3) is 4.91. The lowest BCUT2D eigenvalue weighted by Crippen LogP contribution is -2.46. The van der Waals surface area contributed by atoms with E-state index in [4.69, 9.17) is 19.7 Å². The molecule has 0 spiro atoms. The van der Waals surface area contributed by atoms with Gasteiger partial charge in [-0.2, -0.15) is 0 Å². The standard InChI is InChI=1S/C16H23N3O5/c1-16(2)23-14(12(21)9-20)15(24-16)13(8-18-19-17)22-10-11-6-4-3-5-7-11/h3-7,12-15,20-21H,8-10H2,1-2H3/t12-,13+,14-,15-/m1/s1. The highest BCUT2D eigenvalue weighted by Gasteiger charge is 2.48. The number of azide groups is 1. The third-order valence-electron chi connectivity index (χ3n) is 3.73. The van der Waals surface area contributed by atoms with Gasteiger partial charge in [-0.1, -0.05) is 35.4 Å². The highest BCUT2D eigenvalue weighted by Crippen LogP contribution is 2.33. The molecule has 0 saturated carbocycles. The summed E-state index contributed by atoms with van der Waals surface area (Å²) in [7, 11) is 0. The van der Waals surface area contributed by atoms with Gasteiger partial charge in [0.2, 0.25) is 0 Å². The van der Waals surface area contributed by atoms with Crippen molar-refractivity contribution in [2.24, 2.45) is 5.11 Å². The first-order valence-corrected chi connectivity index (χ1v) is 7.78. The zero-order valence-corrected chi connectivity index (χ0v) is 13.8. The number of aliphatic hydroxyl groups is 2. The molecule has 1 fully saturated rings. The van der Waals surface area contributed by atoms with Crippen molar-refractivity contribution in [1.29, 1.82) is 0 Å². The first-order chi connectivity index (χ1) is 11.5. The number of nitrogens with zero attached hydrogens (tertiary/aromatic N) is 3. The van der Waals surface area contributed by atoms with Gasteiger partial charge in [0.1, 0.15) is 18.3 Å². The Morgan fingerprint density at radius 1 is 1.29 bits per heavy atom. The molecule has 8 nitrogen and oxygen atoms in total. The topological polar surface area (TPSA) is 117 Å². The minimum atomic E-state index is -1.12. The zero-order chi connectivity index (χ0) is 17.6. The van der Waals surface area contributed by atoms with Crippen LogP contribution in [0.4, 0.5) is 0 Å². The molecule has 1 heterocycles. The van der Waals surface area contributed by atoms with Gasteiger partial charge in [0.25, 0.3) is 0 Å². The molecule has 4 atom stereocenters. The molecule has 1 aliphatic heterocycles. The Labute approximate surface area is 140 Å². The molecular formula is C16H23N3O5. The lowest BCUT2D eigenvalue weighted by molar-refractivity contribution is -0.164. The van der Waals surface area contributed by atoms with E-state index >= 15 is 0 Å². The number of rotatable bonds is 8. The van der Waals surface area contributed by atoms with Crippen LogP contribution in [0.15, 0.2) is 35.4 Å². The number of hydrogen-bond donors (Lipinski definition) is 2. The fourth-order valence-electron chi connectivity index (χ4n) is 2.65. The van der Waals surface area contributed by atoms with Crippen LogP contribution in [0, 0.1) is 0 Å². The van der Waals surface area contributed by atoms with E-state index in [1.54, 1.807) is 13.8 Å². The summed E-state index contributed by atoms with van der Waals surface area (Å²) in [6.45, 7) is 3.29. The van der Waals surface area contributed by atoms with Gasteiger partial charge in [-0.05, 0) is 24.9 Å². The summed E-state index contributed by atoms with van der Waals surface area (Å²) in [4.78, 5) is 2.77. The maximum Gasteiger partial charge on any atom is 0.164 e. The monoisotopic (exact) mass is 337 g/mol. The van der Waals surface area contributed by atoms with Crippen LogP contribution >= 0.6 is 0 Å². The van der Waals surface area contributed by atoms with E-state index in [1.807, 2.05) is 30.3 Å². The second-order valence-corrected chi connectivity index (χ2v) is 6.06. The molecule has 2 rings (SSSR count). The molecule has 0 radical (unpaired) electrons. The van der Waals surface area contributed by atoms with E-state index in [2.05, 4.69) is 10.0 Å². The van der Waals surface area contributed by atoms with Crippen molar-refractivity contribution in [3.63, 3.8) is 0 Å². The van der Waals surface area contributed by atoms with Crippen molar-refractivity contribution >= 4 is 0 Å². The Hall–Kier alpha value is -1.67. The summed E-state index contributed by atoms with van der Waals surface area (Å²) in [5.41, 5.74) is 9.57. The van der Waals surface area contributed by atoms with Crippen LogP contribution in [0.1, 0.15) is 19.4 Å². The summed E-state index contributed by atoms with van der Waals surface area (Å²) < 4.78 is 17.4. The molecule has 1 saturated heterocycles. The Bertz CT molecular complexity index is 562. The molecule has 0 aliphatic carbocycles. The summed E-state index contributed by atoms with van der Waals surface area (Å²) in [6, 6.07) is 9.54. The Balaban J connectivity index is 2.13. The first kappa shape index (κ1) is 18.7. The summed E-state index contributed by atoms with van der Waals surface area (Å²) in [5.74, 6) is -0.934. The normalized spacial score (nSPS) is 25.0. The van der Waals surface area contributed by atoms with Crippen molar-refractivity contribution in [1.82, 2.24) is 0 Å². The number of hydrogen-bond acceptors (Lipinski definition) is 6. The van der Waals surface area contributed by atoms with Gasteiger partial charge in [-0.25, -0.2) is 0 Å². The van der Waals surface area contributed by atoms with Gasteiger partial charge in [-0.15, -0.1) is 0 Å². The largest absolute Gasteiger partial charge is 0.394 e. The van der Waals surface area contributed by atoms with Crippen LogP contribution < -0.4 is 0 Å². The molecule has 1 aliphatic rings. The number of benzene rings is 1. The van der Waals surface area contributed by atoms with Crippen molar-refractivity contribution in [2.75, 3.05) is 13.2 Å². The van der Waals surface area contributed by atoms with Crippen molar-refractivity contribution in [3.05, 3.63) is 46.3 Å². The minimum absolute atomic E-state index is 0.0299. The van der Waals surface area contributed by atoms with Gasteiger partial charge >= 0.3 is 0 Å². The van der Waals surface area contributed by atoms with Crippen LogP contribution in [0.5, 0.6) is 0 Å². The second-order valence-electron chi connectivity index (χ2n) is 6.06. The van der Waals surface area contributed by atoms with E-state index in [0.717, 1.165) is 5.56 Å². The van der Waals surface area contributed by atoms with E-state index in [9.17, 15) is 10.2 Å². The average molecular weight is 337 g/mol. The summed E-state index contributed by atoms with van der Waals surface area (Å²) >= 11 is 0. The van der Waals surface area contributed by atoms with E-state index in [1.165, 1.54) is 0 Å². The van der Waals surface area contributed by atoms with E-state index in [-0.39, 0.29) is 6.54 Å². The molecule has 0 amide bonds. The predicted octanol–water partition coefficient (Wildman–Crippen LogP) is 1.76. The van der Waals surface area contributed by atoms with Gasteiger partial charge in [-0.3, -0.25) is 0 Å². The SMILES string of the molecule is CC1(C)O[C@H]([C@H](O)CO)[C@@H]([C@H](CN=[N+]=[N-])OCc2ccccc2)O1. The predicted molar refractivity (Wildman–Crippen MR) is 85.9 cm³/mol. The molecule has 2 N–H and O–H groups in total. The van der Waals surface area contributed by atoms with Crippen molar-refractivity contribution in [2.45, 2.75) is 50.7 Å². The average Bonchev–Trinajstić information content (AvgIpc) is 2.91. The molecule has 132 valence electrons. The number of ether oxygens (including phenoxy) is 3. The maximum atomic E-state index is 10.0. The molecule has 24 heavy (non-hydrogen) atoms. The summed E-state index contributed by atoms with van der Waals surface area (Å²) in [6.07, 6.45) is -3.18. The number of aliphatic hydroxyl groups excluding tert-OH is 2. The molecule has 1 aromatic carbocycles. The van der Waals surface area contributed by atoms with Crippen LogP contribution in [-0.4, -0.2) is 53.6 Å². The first-order valence-electron chi connectivity index (χ1n) is 7.78. The molecule has 1 aromatic rings. The van der Waals surface area contributed by atoms with Gasteiger partial charge in [0, 0.05) is 4.91 Å². The second kappa shape index (κ2) is 8.43. The van der Waals surface area contributed by atoms with Crippen LogP contribution in [-0.2, 0) is 20.8 Å². The lowest BCUT2D eigenvalue weighted by Gasteiger charge is -2.27. The van der Waals surface area contributed by atoms with Crippen LogP contribution in [0.2, 0.25) is 0 Å². The molecular weight excluding hydrogens is 314 g/mol. The zero-order valence-electron chi connectivity index (χ0n) is 13.8. The molecule has 0 aromatic heterocycles. The maximum absolute atomic E-state index is 10.0. The molecule has 0 unspecified atom stereocenters. The van der Waals surface area contributed by atoms with E-state index < -0.39 is 36.8 Å².